The third-order valence-electron chi connectivity index (χ3n) is 5.73. The zero-order valence-corrected chi connectivity index (χ0v) is 17.7. The van der Waals surface area contributed by atoms with Gasteiger partial charge >= 0.3 is 6.18 Å². The first-order valence-electron chi connectivity index (χ1n) is 10.6. The van der Waals surface area contributed by atoms with Gasteiger partial charge in [-0.3, -0.25) is 9.78 Å². The fraction of sp³-hybridized carbons (Fsp3) is 0.280. The molecule has 0 radical (unpaired) electrons. The molecule has 2 heterocycles. The average Bonchev–Trinajstić information content (AvgIpc) is 2.80. The summed E-state index contributed by atoms with van der Waals surface area (Å²) in [5, 5.41) is 3.50. The van der Waals surface area contributed by atoms with Crippen LogP contribution in [-0.2, 0) is 12.8 Å². The van der Waals surface area contributed by atoms with Gasteiger partial charge in [0.25, 0.3) is 0 Å². The molecule has 1 atom stereocenters. The van der Waals surface area contributed by atoms with E-state index in [-0.39, 0.29) is 11.8 Å². The number of aldehydes is 1. The van der Waals surface area contributed by atoms with Gasteiger partial charge in [-0.15, -0.1) is 0 Å². The Hall–Kier alpha value is -3.26. The van der Waals surface area contributed by atoms with E-state index in [4.69, 9.17) is 0 Å². The van der Waals surface area contributed by atoms with Crippen LogP contribution in [0.3, 0.4) is 0 Å². The number of ether oxygens (including phenoxy) is 1. The fourth-order valence-corrected chi connectivity index (χ4v) is 4.12. The Morgan fingerprint density at radius 2 is 2.00 bits per heavy atom. The van der Waals surface area contributed by atoms with Crippen molar-refractivity contribution in [3.63, 3.8) is 0 Å². The molecule has 1 aliphatic rings. The molecule has 4 rings (SSSR count). The highest BCUT2D eigenvalue weighted by atomic mass is 19.4. The van der Waals surface area contributed by atoms with Crippen molar-refractivity contribution in [1.29, 1.82) is 0 Å². The van der Waals surface area contributed by atoms with Crippen molar-refractivity contribution >= 4 is 6.29 Å². The third kappa shape index (κ3) is 5.57. The number of rotatable bonds is 7. The van der Waals surface area contributed by atoms with E-state index in [1.54, 1.807) is 18.5 Å². The van der Waals surface area contributed by atoms with E-state index >= 15 is 0 Å². The number of benzene rings is 2. The quantitative estimate of drug-likeness (QED) is 0.377. The maximum atomic E-state index is 14.6. The van der Waals surface area contributed by atoms with Crippen LogP contribution in [-0.4, -0.2) is 30.6 Å². The predicted octanol–water partition coefficient (Wildman–Crippen LogP) is 5.46. The number of carbonyl (C=O) groups excluding carboxylic acids is 1. The number of aryl methyl sites for hydroxylation is 1. The lowest BCUT2D eigenvalue weighted by Gasteiger charge is -2.28. The lowest BCUT2D eigenvalue weighted by molar-refractivity contribution is -0.153. The molecule has 3 aromatic rings. The number of hydrogen-bond donors (Lipinski definition) is 1. The smallest absolute Gasteiger partial charge is 0.422 e. The maximum Gasteiger partial charge on any atom is 0.422 e. The van der Waals surface area contributed by atoms with Crippen molar-refractivity contribution in [3.8, 4) is 16.9 Å². The molecule has 0 spiro atoms. The normalized spacial score (nSPS) is 15.7. The molecular weight excluding hydrogens is 436 g/mol. The molecule has 8 heteroatoms. The van der Waals surface area contributed by atoms with Gasteiger partial charge in [0.15, 0.2) is 6.61 Å². The van der Waals surface area contributed by atoms with Crippen molar-refractivity contribution in [2.24, 2.45) is 0 Å². The second kappa shape index (κ2) is 9.70. The summed E-state index contributed by atoms with van der Waals surface area (Å²) in [6, 6.07) is 11.2. The van der Waals surface area contributed by atoms with Crippen molar-refractivity contribution in [2.75, 3.05) is 13.2 Å². The van der Waals surface area contributed by atoms with E-state index in [9.17, 15) is 22.4 Å². The molecule has 4 nitrogen and oxygen atoms in total. The first kappa shape index (κ1) is 22.9. The molecule has 0 aliphatic carbocycles. The second-order valence-corrected chi connectivity index (χ2v) is 7.95. The summed E-state index contributed by atoms with van der Waals surface area (Å²) in [5.41, 5.74) is 4.70. The topological polar surface area (TPSA) is 51.2 Å². The highest BCUT2D eigenvalue weighted by Crippen LogP contribution is 2.33. The van der Waals surface area contributed by atoms with E-state index in [1.165, 1.54) is 12.1 Å². The number of hydrogen-bond acceptors (Lipinski definition) is 4. The van der Waals surface area contributed by atoms with Crippen LogP contribution in [0, 0.1) is 5.82 Å². The van der Waals surface area contributed by atoms with Crippen LogP contribution in [0.1, 0.15) is 39.5 Å². The number of pyridine rings is 1. The summed E-state index contributed by atoms with van der Waals surface area (Å²) in [4.78, 5) is 15.4. The minimum Gasteiger partial charge on any atom is -0.484 e. The molecular formula is C25H22F4N2O2. The van der Waals surface area contributed by atoms with Crippen LogP contribution in [0.15, 0.2) is 54.9 Å². The molecule has 2 aromatic carbocycles. The van der Waals surface area contributed by atoms with E-state index < -0.39 is 18.6 Å². The summed E-state index contributed by atoms with van der Waals surface area (Å²) in [5.74, 6) is -0.807. The lowest BCUT2D eigenvalue weighted by atomic mass is 9.88. The van der Waals surface area contributed by atoms with Crippen molar-refractivity contribution < 1.29 is 27.1 Å². The summed E-state index contributed by atoms with van der Waals surface area (Å²) in [7, 11) is 0. The van der Waals surface area contributed by atoms with Gasteiger partial charge in [-0.2, -0.15) is 13.2 Å². The van der Waals surface area contributed by atoms with Gasteiger partial charge in [-0.25, -0.2) is 4.39 Å². The highest BCUT2D eigenvalue weighted by Gasteiger charge is 2.28. The van der Waals surface area contributed by atoms with Gasteiger partial charge in [0.1, 0.15) is 17.9 Å². The summed E-state index contributed by atoms with van der Waals surface area (Å²) in [6.07, 6.45) is 1.90. The Balaban J connectivity index is 1.50. The minimum absolute atomic E-state index is 0.0884. The van der Waals surface area contributed by atoms with Crippen LogP contribution in [0.2, 0.25) is 0 Å². The Morgan fingerprint density at radius 1 is 1.15 bits per heavy atom. The zero-order chi connectivity index (χ0) is 23.4. The Labute approximate surface area is 188 Å². The van der Waals surface area contributed by atoms with Crippen molar-refractivity contribution in [1.82, 2.24) is 10.3 Å². The molecule has 1 aliphatic heterocycles. The predicted molar refractivity (Wildman–Crippen MR) is 116 cm³/mol. The number of nitrogens with zero attached hydrogens (tertiary/aromatic N) is 1. The van der Waals surface area contributed by atoms with Crippen molar-refractivity contribution in [2.45, 2.75) is 31.5 Å². The van der Waals surface area contributed by atoms with E-state index in [0.717, 1.165) is 48.4 Å². The van der Waals surface area contributed by atoms with Gasteiger partial charge in [0, 0.05) is 35.6 Å². The third-order valence-corrected chi connectivity index (χ3v) is 5.73. The Morgan fingerprint density at radius 3 is 2.76 bits per heavy atom. The van der Waals surface area contributed by atoms with Gasteiger partial charge < -0.3 is 10.1 Å². The highest BCUT2D eigenvalue weighted by molar-refractivity contribution is 5.76. The van der Waals surface area contributed by atoms with Gasteiger partial charge in [0.05, 0.1) is 0 Å². The first-order chi connectivity index (χ1) is 15.8. The SMILES string of the molecule is O=Cc1ccncc1CC[C@@H]1NCCc2cc(-c3ccc(OCC(F)(F)F)cc3F)ccc21. The average molecular weight is 458 g/mol. The minimum atomic E-state index is -4.48. The van der Waals surface area contributed by atoms with Crippen LogP contribution < -0.4 is 10.1 Å². The summed E-state index contributed by atoms with van der Waals surface area (Å²) in [6.45, 7) is -0.701. The number of halogens is 4. The molecule has 0 saturated heterocycles. The fourth-order valence-electron chi connectivity index (χ4n) is 4.12. The van der Waals surface area contributed by atoms with Gasteiger partial charge in [0.2, 0.25) is 0 Å². The van der Waals surface area contributed by atoms with E-state index in [2.05, 4.69) is 15.0 Å². The molecule has 0 saturated carbocycles. The maximum absolute atomic E-state index is 14.6. The number of nitrogens with one attached hydrogen (secondary N) is 1. The molecule has 33 heavy (non-hydrogen) atoms. The molecule has 1 aromatic heterocycles. The molecule has 0 bridgehead atoms. The number of alkyl halides is 3. The first-order valence-corrected chi connectivity index (χ1v) is 10.6. The lowest BCUT2D eigenvalue weighted by Crippen LogP contribution is -2.30. The second-order valence-electron chi connectivity index (χ2n) is 7.95. The van der Waals surface area contributed by atoms with E-state index in [0.29, 0.717) is 23.1 Å². The number of aromatic nitrogens is 1. The molecule has 0 unspecified atom stereocenters. The number of carbonyl (C=O) groups is 1. The molecule has 0 amide bonds. The van der Waals surface area contributed by atoms with Crippen LogP contribution in [0.4, 0.5) is 17.6 Å². The largest absolute Gasteiger partial charge is 0.484 e. The van der Waals surface area contributed by atoms with Gasteiger partial charge in [-0.1, -0.05) is 18.2 Å². The zero-order valence-electron chi connectivity index (χ0n) is 17.7. The Kier molecular flexibility index (Phi) is 6.74. The van der Waals surface area contributed by atoms with E-state index in [1.807, 2.05) is 18.2 Å². The van der Waals surface area contributed by atoms with Crippen molar-refractivity contribution in [3.05, 3.63) is 82.9 Å². The van der Waals surface area contributed by atoms with Crippen LogP contribution >= 0.6 is 0 Å². The summed E-state index contributed by atoms with van der Waals surface area (Å²) >= 11 is 0. The molecule has 172 valence electrons. The van der Waals surface area contributed by atoms with Gasteiger partial charge in [-0.05, 0) is 66.3 Å². The van der Waals surface area contributed by atoms with Crippen LogP contribution in [0.25, 0.3) is 11.1 Å². The van der Waals surface area contributed by atoms with Crippen LogP contribution in [0.5, 0.6) is 5.75 Å². The summed E-state index contributed by atoms with van der Waals surface area (Å²) < 4.78 is 56.2. The Bertz CT molecular complexity index is 1150. The standard InChI is InChI=1S/C25H22F4N2O2/c26-23-12-20(33-15-25(27,28)29)3-5-21(23)16-1-4-22-17(11-16)8-10-31-24(22)6-2-18-13-30-9-7-19(18)14-32/h1,3-5,7,9,11-14,24,31H,2,6,8,10,15H2/t24-/m0/s1. The monoisotopic (exact) mass is 458 g/mol. The molecule has 1 N–H and O–H groups in total. The number of fused-ring (bicyclic) bond motifs is 1. The molecule has 0 fully saturated rings.